The van der Waals surface area contributed by atoms with Crippen molar-refractivity contribution in [3.8, 4) is 0 Å². The lowest BCUT2D eigenvalue weighted by Gasteiger charge is -2.37. The fraction of sp³-hybridized carbons (Fsp3) is 0.647. The molecular weight excluding hydrogens is 347 g/mol. The van der Waals surface area contributed by atoms with Crippen molar-refractivity contribution in [2.24, 2.45) is 5.41 Å². The smallest absolute Gasteiger partial charge is 0.0716 e. The Bertz CT molecular complexity index is 338. The molecule has 1 nitrogen and oxygen atoms in total. The second-order valence-electron chi connectivity index (χ2n) is 5.79. The lowest BCUT2D eigenvalue weighted by molar-refractivity contribution is 0.0637. The van der Waals surface area contributed by atoms with Crippen LogP contribution in [-0.2, 0) is 11.3 Å². The normalized spacial score (nSPS) is 18.4. The van der Waals surface area contributed by atoms with E-state index >= 15 is 0 Å². The monoisotopic (exact) mass is 372 g/mol. The lowest BCUT2D eigenvalue weighted by atomic mass is 9.70. The largest absolute Gasteiger partial charge is 0.377 e. The Morgan fingerprint density at radius 3 is 2.42 bits per heavy atom. The van der Waals surface area contributed by atoms with Crippen molar-refractivity contribution in [2.45, 2.75) is 51.6 Å². The van der Waals surface area contributed by atoms with Crippen LogP contribution in [0.2, 0.25) is 0 Å². The molecule has 19 heavy (non-hydrogen) atoms. The maximum absolute atomic E-state index is 5.89. The fourth-order valence-electron chi connectivity index (χ4n) is 3.18. The third-order valence-electron chi connectivity index (χ3n) is 4.43. The third kappa shape index (κ3) is 5.07. The first-order valence-corrected chi connectivity index (χ1v) is 9.05. The minimum absolute atomic E-state index is 0.593. The summed E-state index contributed by atoms with van der Waals surface area (Å²) < 4.78 is 7.18. The highest BCUT2D eigenvalue weighted by molar-refractivity contribution is 14.1. The summed E-state index contributed by atoms with van der Waals surface area (Å²) >= 11 is 2.53. The number of ether oxygens (including phenoxy) is 1. The molecule has 0 spiro atoms. The zero-order valence-electron chi connectivity index (χ0n) is 11.7. The molecule has 1 aromatic carbocycles. The van der Waals surface area contributed by atoms with Crippen LogP contribution in [0.3, 0.4) is 0 Å². The Labute approximate surface area is 131 Å². The Hall–Kier alpha value is -0.0900. The Balaban J connectivity index is 1.73. The van der Waals surface area contributed by atoms with E-state index in [9.17, 15) is 0 Å². The van der Waals surface area contributed by atoms with Gasteiger partial charge in [-0.1, -0.05) is 72.2 Å². The summed E-state index contributed by atoms with van der Waals surface area (Å²) in [4.78, 5) is 0. The summed E-state index contributed by atoms with van der Waals surface area (Å²) in [5.74, 6) is 0. The average Bonchev–Trinajstić information content (AvgIpc) is 2.46. The number of hydrogen-bond donors (Lipinski definition) is 0. The van der Waals surface area contributed by atoms with Gasteiger partial charge in [-0.25, -0.2) is 0 Å². The fourth-order valence-corrected chi connectivity index (χ4v) is 4.32. The highest BCUT2D eigenvalue weighted by Crippen LogP contribution is 2.42. The predicted octanol–water partition coefficient (Wildman–Crippen LogP) is 5.37. The van der Waals surface area contributed by atoms with E-state index in [0.29, 0.717) is 5.41 Å². The molecule has 0 bridgehead atoms. The van der Waals surface area contributed by atoms with Gasteiger partial charge in [0.25, 0.3) is 0 Å². The zero-order chi connectivity index (χ0) is 13.4. The molecule has 106 valence electrons. The van der Waals surface area contributed by atoms with E-state index in [-0.39, 0.29) is 0 Å². The van der Waals surface area contributed by atoms with Crippen LogP contribution in [0.4, 0.5) is 0 Å². The summed E-state index contributed by atoms with van der Waals surface area (Å²) in [5.41, 5.74) is 1.88. The Morgan fingerprint density at radius 1 is 1.00 bits per heavy atom. The summed E-state index contributed by atoms with van der Waals surface area (Å²) in [5, 5.41) is 0. The maximum Gasteiger partial charge on any atom is 0.0716 e. The molecule has 0 aliphatic heterocycles. The molecule has 1 fully saturated rings. The molecule has 0 radical (unpaired) electrons. The van der Waals surface area contributed by atoms with Crippen LogP contribution in [0.15, 0.2) is 30.3 Å². The standard InChI is InChI=1S/C17H25IO/c18-13-11-17(9-5-2-6-10-17)12-14-19-15-16-7-3-1-4-8-16/h1,3-4,7-8H,2,5-6,9-15H2. The first-order valence-electron chi connectivity index (χ1n) is 7.52. The van der Waals surface area contributed by atoms with Crippen LogP contribution in [0.5, 0.6) is 0 Å². The van der Waals surface area contributed by atoms with Crippen molar-refractivity contribution < 1.29 is 4.74 Å². The van der Waals surface area contributed by atoms with Gasteiger partial charge in [0.1, 0.15) is 0 Å². The molecule has 1 aliphatic carbocycles. The van der Waals surface area contributed by atoms with Crippen LogP contribution in [0.25, 0.3) is 0 Å². The van der Waals surface area contributed by atoms with E-state index in [1.807, 2.05) is 0 Å². The van der Waals surface area contributed by atoms with Crippen molar-refractivity contribution in [1.29, 1.82) is 0 Å². The Morgan fingerprint density at radius 2 is 1.74 bits per heavy atom. The predicted molar refractivity (Wildman–Crippen MR) is 89.7 cm³/mol. The van der Waals surface area contributed by atoms with Crippen molar-refractivity contribution >= 4 is 22.6 Å². The minimum atomic E-state index is 0.593. The van der Waals surface area contributed by atoms with E-state index in [2.05, 4.69) is 52.9 Å². The van der Waals surface area contributed by atoms with E-state index in [4.69, 9.17) is 4.74 Å². The number of rotatable bonds is 7. The molecule has 0 atom stereocenters. The molecular formula is C17H25IO. The van der Waals surface area contributed by atoms with E-state index < -0.39 is 0 Å². The van der Waals surface area contributed by atoms with Crippen LogP contribution in [0.1, 0.15) is 50.5 Å². The second kappa shape index (κ2) is 8.25. The van der Waals surface area contributed by atoms with Gasteiger partial charge in [-0.15, -0.1) is 0 Å². The average molecular weight is 372 g/mol. The van der Waals surface area contributed by atoms with Crippen molar-refractivity contribution in [2.75, 3.05) is 11.0 Å². The molecule has 0 saturated heterocycles. The lowest BCUT2D eigenvalue weighted by Crippen LogP contribution is -2.26. The quantitative estimate of drug-likeness (QED) is 0.355. The maximum atomic E-state index is 5.89. The van der Waals surface area contributed by atoms with Crippen LogP contribution >= 0.6 is 22.6 Å². The molecule has 1 aliphatic rings. The molecule has 2 heteroatoms. The van der Waals surface area contributed by atoms with Gasteiger partial charge in [0.2, 0.25) is 0 Å². The summed E-state index contributed by atoms with van der Waals surface area (Å²) in [6, 6.07) is 10.5. The van der Waals surface area contributed by atoms with Gasteiger partial charge in [-0.05, 0) is 36.7 Å². The SMILES string of the molecule is ICCC1(CCOCc2ccccc2)CCCCC1. The molecule has 1 saturated carbocycles. The van der Waals surface area contributed by atoms with Gasteiger partial charge >= 0.3 is 0 Å². The minimum Gasteiger partial charge on any atom is -0.377 e. The number of alkyl halides is 1. The van der Waals surface area contributed by atoms with Gasteiger partial charge < -0.3 is 4.74 Å². The van der Waals surface area contributed by atoms with Crippen molar-refractivity contribution in [3.63, 3.8) is 0 Å². The highest BCUT2D eigenvalue weighted by atomic mass is 127. The number of halogens is 1. The molecule has 2 rings (SSSR count). The van der Waals surface area contributed by atoms with Crippen molar-refractivity contribution in [1.82, 2.24) is 0 Å². The third-order valence-corrected chi connectivity index (χ3v) is 4.97. The van der Waals surface area contributed by atoms with Gasteiger partial charge in [-0.3, -0.25) is 0 Å². The second-order valence-corrected chi connectivity index (χ2v) is 6.87. The first kappa shape index (κ1) is 15.3. The van der Waals surface area contributed by atoms with Crippen molar-refractivity contribution in [3.05, 3.63) is 35.9 Å². The summed E-state index contributed by atoms with van der Waals surface area (Å²) in [6.45, 7) is 1.69. The van der Waals surface area contributed by atoms with Crippen LogP contribution in [0, 0.1) is 5.41 Å². The topological polar surface area (TPSA) is 9.23 Å². The molecule has 0 N–H and O–H groups in total. The first-order chi connectivity index (χ1) is 9.35. The molecule has 0 unspecified atom stereocenters. The van der Waals surface area contributed by atoms with Gasteiger partial charge in [0.15, 0.2) is 0 Å². The molecule has 1 aromatic rings. The highest BCUT2D eigenvalue weighted by Gasteiger charge is 2.30. The van der Waals surface area contributed by atoms with Crippen LogP contribution in [-0.4, -0.2) is 11.0 Å². The van der Waals surface area contributed by atoms with E-state index in [1.165, 1.54) is 54.9 Å². The van der Waals surface area contributed by atoms with E-state index in [1.54, 1.807) is 0 Å². The van der Waals surface area contributed by atoms with Gasteiger partial charge in [-0.2, -0.15) is 0 Å². The molecule has 0 amide bonds. The molecule has 0 aromatic heterocycles. The van der Waals surface area contributed by atoms with Crippen LogP contribution < -0.4 is 0 Å². The summed E-state index contributed by atoms with van der Waals surface area (Å²) in [7, 11) is 0. The number of benzene rings is 1. The number of hydrogen-bond acceptors (Lipinski definition) is 1. The molecule has 0 heterocycles. The Kier molecular flexibility index (Phi) is 6.65. The van der Waals surface area contributed by atoms with E-state index in [0.717, 1.165) is 13.2 Å². The zero-order valence-corrected chi connectivity index (χ0v) is 13.9. The summed E-state index contributed by atoms with van der Waals surface area (Å²) in [6.07, 6.45) is 9.76. The van der Waals surface area contributed by atoms with Gasteiger partial charge in [0, 0.05) is 11.0 Å². The van der Waals surface area contributed by atoms with Gasteiger partial charge in [0.05, 0.1) is 6.61 Å².